The SMILES string of the molecule is Cc1ccc(C(=O)NC2CC2)cc1-c1ccc2c(=O)n(Cc3ccncc3)cc(C(=O)N3CCC(NC(=O)OC(C)(C)C)CC3)c2c1. The number of hydrogen-bond acceptors (Lipinski definition) is 6. The average molecular weight is 636 g/mol. The number of carbonyl (C=O) groups excluding carboxylic acids is 3. The molecule has 0 radical (unpaired) electrons. The summed E-state index contributed by atoms with van der Waals surface area (Å²) in [4.78, 5) is 59.1. The molecule has 3 amide bonds. The molecule has 1 saturated heterocycles. The first-order valence-corrected chi connectivity index (χ1v) is 16.2. The molecule has 1 aliphatic heterocycles. The Balaban J connectivity index is 1.34. The second kappa shape index (κ2) is 13.0. The molecule has 2 aliphatic rings. The zero-order valence-electron chi connectivity index (χ0n) is 27.3. The summed E-state index contributed by atoms with van der Waals surface area (Å²) < 4.78 is 6.99. The van der Waals surface area contributed by atoms with Crippen LogP contribution in [-0.2, 0) is 11.3 Å². The van der Waals surface area contributed by atoms with Gasteiger partial charge >= 0.3 is 6.09 Å². The van der Waals surface area contributed by atoms with Crippen LogP contribution >= 0.6 is 0 Å². The Bertz CT molecular complexity index is 1880. The van der Waals surface area contributed by atoms with Crippen LogP contribution < -0.4 is 16.2 Å². The molecule has 6 rings (SSSR count). The highest BCUT2D eigenvalue weighted by molar-refractivity contribution is 6.07. The molecule has 0 spiro atoms. The van der Waals surface area contributed by atoms with Crippen LogP contribution in [0.15, 0.2) is 71.9 Å². The predicted octanol–water partition coefficient (Wildman–Crippen LogP) is 5.44. The first kappa shape index (κ1) is 32.0. The van der Waals surface area contributed by atoms with E-state index in [0.29, 0.717) is 54.4 Å². The Hall–Kier alpha value is -4.99. The van der Waals surface area contributed by atoms with E-state index in [2.05, 4.69) is 15.6 Å². The fraction of sp³-hybridized carbons (Fsp3) is 0.378. The molecule has 244 valence electrons. The Labute approximate surface area is 274 Å². The number of benzene rings is 2. The molecule has 1 aliphatic carbocycles. The molecule has 2 aromatic carbocycles. The van der Waals surface area contributed by atoms with Crippen molar-refractivity contribution in [2.45, 2.75) is 77.6 Å². The zero-order chi connectivity index (χ0) is 33.3. The Morgan fingerprint density at radius 1 is 0.894 bits per heavy atom. The van der Waals surface area contributed by atoms with E-state index in [1.54, 1.807) is 34.1 Å². The number of likely N-dealkylation sites (tertiary alicyclic amines) is 1. The van der Waals surface area contributed by atoms with Crippen molar-refractivity contribution in [1.29, 1.82) is 0 Å². The molecule has 3 heterocycles. The van der Waals surface area contributed by atoms with E-state index in [9.17, 15) is 19.2 Å². The summed E-state index contributed by atoms with van der Waals surface area (Å²) in [6, 6.07) is 15.0. The minimum Gasteiger partial charge on any atom is -0.444 e. The maximum atomic E-state index is 14.2. The molecule has 2 aromatic heterocycles. The van der Waals surface area contributed by atoms with Crippen molar-refractivity contribution in [2.75, 3.05) is 13.1 Å². The number of nitrogens with one attached hydrogen (secondary N) is 2. The molecule has 10 heteroatoms. The lowest BCUT2D eigenvalue weighted by Crippen LogP contribution is -2.47. The number of fused-ring (bicyclic) bond motifs is 1. The molecule has 2 fully saturated rings. The van der Waals surface area contributed by atoms with Gasteiger partial charge in [-0.1, -0.05) is 12.1 Å². The minimum atomic E-state index is -0.594. The smallest absolute Gasteiger partial charge is 0.407 e. The normalized spacial score (nSPS) is 15.4. The van der Waals surface area contributed by atoms with Gasteiger partial charge in [0.1, 0.15) is 5.60 Å². The van der Waals surface area contributed by atoms with Crippen LogP contribution in [0.5, 0.6) is 0 Å². The van der Waals surface area contributed by atoms with Gasteiger partial charge in [0, 0.05) is 60.1 Å². The van der Waals surface area contributed by atoms with Crippen molar-refractivity contribution in [1.82, 2.24) is 25.1 Å². The van der Waals surface area contributed by atoms with E-state index >= 15 is 0 Å². The summed E-state index contributed by atoms with van der Waals surface area (Å²) in [5.74, 6) is -0.283. The average Bonchev–Trinajstić information content (AvgIpc) is 3.86. The molecule has 10 nitrogen and oxygen atoms in total. The highest BCUT2D eigenvalue weighted by Crippen LogP contribution is 2.30. The monoisotopic (exact) mass is 635 g/mol. The van der Waals surface area contributed by atoms with Gasteiger partial charge in [0.15, 0.2) is 0 Å². The maximum Gasteiger partial charge on any atom is 0.407 e. The lowest BCUT2D eigenvalue weighted by molar-refractivity contribution is 0.0473. The van der Waals surface area contributed by atoms with Crippen molar-refractivity contribution >= 4 is 28.7 Å². The number of piperidine rings is 1. The first-order valence-electron chi connectivity index (χ1n) is 16.2. The Kier molecular flexibility index (Phi) is 8.86. The number of ether oxygens (including phenoxy) is 1. The van der Waals surface area contributed by atoms with Gasteiger partial charge in [0.25, 0.3) is 17.4 Å². The van der Waals surface area contributed by atoms with E-state index in [1.165, 1.54) is 0 Å². The summed E-state index contributed by atoms with van der Waals surface area (Å²) in [6.45, 7) is 8.63. The first-order chi connectivity index (χ1) is 22.4. The molecule has 0 atom stereocenters. The van der Waals surface area contributed by atoms with Gasteiger partial charge in [-0.15, -0.1) is 0 Å². The Morgan fingerprint density at radius 2 is 1.60 bits per heavy atom. The van der Waals surface area contributed by atoms with Gasteiger partial charge in [0.05, 0.1) is 12.1 Å². The van der Waals surface area contributed by atoms with Crippen LogP contribution in [-0.4, -0.2) is 63.1 Å². The summed E-state index contributed by atoms with van der Waals surface area (Å²) in [5, 5.41) is 6.98. The number of alkyl carbamates (subject to hydrolysis) is 1. The second-order valence-corrected chi connectivity index (χ2v) is 13.6. The number of amides is 3. The van der Waals surface area contributed by atoms with Gasteiger partial charge in [0.2, 0.25) is 0 Å². The van der Waals surface area contributed by atoms with Crippen molar-refractivity contribution in [3.63, 3.8) is 0 Å². The topological polar surface area (TPSA) is 123 Å². The lowest BCUT2D eigenvalue weighted by atomic mass is 9.94. The molecule has 0 bridgehead atoms. The fourth-order valence-electron chi connectivity index (χ4n) is 5.97. The second-order valence-electron chi connectivity index (χ2n) is 13.6. The third-order valence-electron chi connectivity index (χ3n) is 8.64. The van der Waals surface area contributed by atoms with Crippen LogP contribution in [0.4, 0.5) is 4.79 Å². The van der Waals surface area contributed by atoms with E-state index < -0.39 is 11.7 Å². The Morgan fingerprint density at radius 3 is 2.28 bits per heavy atom. The van der Waals surface area contributed by atoms with Gasteiger partial charge < -0.3 is 24.8 Å². The minimum absolute atomic E-state index is 0.103. The van der Waals surface area contributed by atoms with Crippen molar-refractivity contribution in [3.05, 3.63) is 99.7 Å². The third-order valence-corrected chi connectivity index (χ3v) is 8.64. The summed E-state index contributed by atoms with van der Waals surface area (Å²) in [6.07, 6.45) is 7.72. The van der Waals surface area contributed by atoms with Crippen LogP contribution in [0.25, 0.3) is 21.9 Å². The number of aryl methyl sites for hydroxylation is 1. The number of hydrogen-bond donors (Lipinski definition) is 2. The highest BCUT2D eigenvalue weighted by atomic mass is 16.6. The van der Waals surface area contributed by atoms with E-state index in [-0.39, 0.29) is 29.5 Å². The third kappa shape index (κ3) is 7.53. The standard InChI is InChI=1S/C37H41N5O5/c1-23-5-6-26(33(43)39-27-8-9-27)20-30(23)25-7-10-29-31(19-25)32(22-42(34(29)44)21-24-11-15-38-16-12-24)35(45)41-17-13-28(14-18-41)40-36(46)47-37(2,3)4/h5-7,10-12,15-16,19-20,22,27-28H,8-9,13-14,17-18,21H2,1-4H3,(H,39,43)(H,40,46). The van der Waals surface area contributed by atoms with Crippen LogP contribution in [0.3, 0.4) is 0 Å². The van der Waals surface area contributed by atoms with Crippen molar-refractivity contribution in [3.8, 4) is 11.1 Å². The van der Waals surface area contributed by atoms with Gasteiger partial charge in [-0.05, 0) is 112 Å². The maximum absolute atomic E-state index is 14.2. The summed E-state index contributed by atoms with van der Waals surface area (Å²) in [7, 11) is 0. The molecular weight excluding hydrogens is 594 g/mol. The fourth-order valence-corrected chi connectivity index (χ4v) is 5.97. The highest BCUT2D eigenvalue weighted by Gasteiger charge is 2.28. The van der Waals surface area contributed by atoms with Crippen LogP contribution in [0, 0.1) is 6.92 Å². The van der Waals surface area contributed by atoms with Crippen LogP contribution in [0.2, 0.25) is 0 Å². The van der Waals surface area contributed by atoms with Gasteiger partial charge in [-0.25, -0.2) is 4.79 Å². The summed E-state index contributed by atoms with van der Waals surface area (Å²) in [5.41, 5.74) is 3.75. The molecule has 2 N–H and O–H groups in total. The molecule has 1 saturated carbocycles. The van der Waals surface area contributed by atoms with E-state index in [0.717, 1.165) is 35.1 Å². The van der Waals surface area contributed by atoms with Crippen molar-refractivity contribution < 1.29 is 19.1 Å². The quantitative estimate of drug-likeness (QED) is 0.279. The molecule has 0 unspecified atom stereocenters. The summed E-state index contributed by atoms with van der Waals surface area (Å²) >= 11 is 0. The number of carbonyl (C=O) groups is 3. The number of pyridine rings is 2. The van der Waals surface area contributed by atoms with E-state index in [1.807, 2.05) is 70.2 Å². The van der Waals surface area contributed by atoms with Gasteiger partial charge in [-0.2, -0.15) is 0 Å². The largest absolute Gasteiger partial charge is 0.444 e. The van der Waals surface area contributed by atoms with Crippen LogP contribution in [0.1, 0.15) is 78.3 Å². The molecular formula is C37H41N5O5. The molecule has 4 aromatic rings. The number of aromatic nitrogens is 2. The van der Waals surface area contributed by atoms with Gasteiger partial charge in [-0.3, -0.25) is 19.4 Å². The van der Waals surface area contributed by atoms with Crippen molar-refractivity contribution in [2.24, 2.45) is 0 Å². The van der Waals surface area contributed by atoms with E-state index in [4.69, 9.17) is 4.74 Å². The number of rotatable bonds is 7. The lowest BCUT2D eigenvalue weighted by Gasteiger charge is -2.33. The molecule has 47 heavy (non-hydrogen) atoms. The number of nitrogens with zero attached hydrogens (tertiary/aromatic N) is 3. The zero-order valence-corrected chi connectivity index (χ0v) is 27.3. The predicted molar refractivity (Wildman–Crippen MR) is 181 cm³/mol.